The normalized spacial score (nSPS) is 18.6. The Morgan fingerprint density at radius 1 is 1.41 bits per heavy atom. The summed E-state index contributed by atoms with van der Waals surface area (Å²) in [5.41, 5.74) is 3.49. The summed E-state index contributed by atoms with van der Waals surface area (Å²) in [4.78, 5) is 7.09. The van der Waals surface area contributed by atoms with Crippen molar-refractivity contribution < 1.29 is 4.74 Å². The average Bonchev–Trinajstić information content (AvgIpc) is 3.09. The lowest BCUT2D eigenvalue weighted by Gasteiger charge is -2.33. The van der Waals surface area contributed by atoms with Crippen molar-refractivity contribution in [1.29, 1.82) is 0 Å². The molecule has 0 bridgehead atoms. The van der Waals surface area contributed by atoms with Gasteiger partial charge in [-0.1, -0.05) is 0 Å². The number of rotatable bonds is 6. The molecule has 0 saturated heterocycles. The average molecular weight is 303 g/mol. The van der Waals surface area contributed by atoms with Crippen LogP contribution in [-0.4, -0.2) is 44.4 Å². The first kappa shape index (κ1) is 15.2. The maximum absolute atomic E-state index is 5.46. The van der Waals surface area contributed by atoms with E-state index < -0.39 is 0 Å². The first-order valence-corrected chi connectivity index (χ1v) is 8.06. The van der Waals surface area contributed by atoms with Crippen molar-refractivity contribution in [2.45, 2.75) is 46.3 Å². The monoisotopic (exact) mass is 303 g/mol. The third kappa shape index (κ3) is 3.08. The van der Waals surface area contributed by atoms with Gasteiger partial charge in [-0.3, -0.25) is 10.00 Å². The van der Waals surface area contributed by atoms with Crippen molar-refractivity contribution in [2.75, 3.05) is 19.8 Å². The molecule has 1 atom stereocenters. The van der Waals surface area contributed by atoms with Crippen molar-refractivity contribution in [3.05, 3.63) is 35.2 Å². The fraction of sp³-hybridized carbons (Fsp3) is 0.625. The lowest BCUT2D eigenvalue weighted by molar-refractivity contribution is 0.142. The first-order chi connectivity index (χ1) is 10.7. The van der Waals surface area contributed by atoms with Gasteiger partial charge in [-0.15, -0.1) is 0 Å². The Labute approximate surface area is 131 Å². The Morgan fingerprint density at radius 3 is 3.00 bits per heavy atom. The van der Waals surface area contributed by atoms with Crippen LogP contribution >= 0.6 is 0 Å². The number of H-pyrrole nitrogens is 1. The highest BCUT2D eigenvalue weighted by atomic mass is 16.5. The number of aryl methyl sites for hydroxylation is 1. The standard InChI is InChI=1S/C16H25N5O/c1-4-22-8-5-15-10-17-16-13(3)20(6-7-21(15)16)11-14-9-12(2)18-19-14/h9-10,13H,4-8,11H2,1-3H3,(H,18,19)/t13-/m0/s1. The van der Waals surface area contributed by atoms with Gasteiger partial charge in [-0.05, 0) is 26.8 Å². The van der Waals surface area contributed by atoms with E-state index in [0.717, 1.165) is 56.5 Å². The molecule has 0 aliphatic carbocycles. The van der Waals surface area contributed by atoms with Gasteiger partial charge in [-0.2, -0.15) is 5.10 Å². The molecule has 0 radical (unpaired) electrons. The Hall–Kier alpha value is -1.66. The van der Waals surface area contributed by atoms with E-state index in [1.807, 2.05) is 20.0 Å². The molecular weight excluding hydrogens is 278 g/mol. The molecule has 1 aliphatic heterocycles. The predicted molar refractivity (Wildman–Crippen MR) is 84.6 cm³/mol. The zero-order valence-corrected chi connectivity index (χ0v) is 13.7. The summed E-state index contributed by atoms with van der Waals surface area (Å²) < 4.78 is 7.82. The summed E-state index contributed by atoms with van der Waals surface area (Å²) in [6, 6.07) is 2.42. The Balaban J connectivity index is 1.68. The number of ether oxygens (including phenoxy) is 1. The van der Waals surface area contributed by atoms with Gasteiger partial charge in [-0.25, -0.2) is 4.98 Å². The highest BCUT2D eigenvalue weighted by molar-refractivity contribution is 5.13. The molecule has 22 heavy (non-hydrogen) atoms. The zero-order valence-electron chi connectivity index (χ0n) is 13.7. The molecule has 6 heteroatoms. The molecule has 0 fully saturated rings. The summed E-state index contributed by atoms with van der Waals surface area (Å²) in [7, 11) is 0. The van der Waals surface area contributed by atoms with Crippen LogP contribution in [0.2, 0.25) is 0 Å². The van der Waals surface area contributed by atoms with Crippen molar-refractivity contribution >= 4 is 0 Å². The summed E-state index contributed by atoms with van der Waals surface area (Å²) in [5.74, 6) is 1.16. The molecule has 1 N–H and O–H groups in total. The van der Waals surface area contributed by atoms with Gasteiger partial charge in [0.25, 0.3) is 0 Å². The molecule has 6 nitrogen and oxygen atoms in total. The SMILES string of the molecule is CCOCCc1cnc2n1CCN(Cc1cc(C)[nH]n1)[C@H]2C. The van der Waals surface area contributed by atoms with Crippen LogP contribution in [0.15, 0.2) is 12.3 Å². The zero-order chi connectivity index (χ0) is 15.5. The Kier molecular flexibility index (Phi) is 4.59. The molecule has 0 aromatic carbocycles. The maximum Gasteiger partial charge on any atom is 0.126 e. The minimum Gasteiger partial charge on any atom is -0.381 e. The van der Waals surface area contributed by atoms with Gasteiger partial charge in [0.2, 0.25) is 0 Å². The molecule has 3 rings (SSSR count). The fourth-order valence-corrected chi connectivity index (χ4v) is 3.10. The number of imidazole rings is 1. The largest absolute Gasteiger partial charge is 0.381 e. The van der Waals surface area contributed by atoms with E-state index in [2.05, 4.69) is 37.6 Å². The molecule has 120 valence electrons. The van der Waals surface area contributed by atoms with Crippen molar-refractivity contribution in [3.63, 3.8) is 0 Å². The molecular formula is C16H25N5O. The van der Waals surface area contributed by atoms with Gasteiger partial charge in [0.05, 0.1) is 18.3 Å². The second-order valence-electron chi connectivity index (χ2n) is 5.90. The minimum atomic E-state index is 0.312. The van der Waals surface area contributed by atoms with Crippen LogP contribution in [0, 0.1) is 6.92 Å². The van der Waals surface area contributed by atoms with Crippen molar-refractivity contribution in [3.8, 4) is 0 Å². The molecule has 1 aliphatic rings. The first-order valence-electron chi connectivity index (χ1n) is 8.06. The van der Waals surface area contributed by atoms with E-state index >= 15 is 0 Å². The van der Waals surface area contributed by atoms with Gasteiger partial charge >= 0.3 is 0 Å². The van der Waals surface area contributed by atoms with E-state index in [4.69, 9.17) is 4.74 Å². The molecule has 0 spiro atoms. The van der Waals surface area contributed by atoms with Crippen LogP contribution in [-0.2, 0) is 24.2 Å². The Bertz CT molecular complexity index is 618. The summed E-state index contributed by atoms with van der Waals surface area (Å²) >= 11 is 0. The number of fused-ring (bicyclic) bond motifs is 1. The molecule has 3 heterocycles. The molecule has 0 amide bonds. The molecule has 2 aromatic heterocycles. The van der Waals surface area contributed by atoms with Crippen LogP contribution in [0.3, 0.4) is 0 Å². The number of aromatic nitrogens is 4. The summed E-state index contributed by atoms with van der Waals surface area (Å²) in [6.45, 7) is 10.7. The smallest absolute Gasteiger partial charge is 0.126 e. The minimum absolute atomic E-state index is 0.312. The number of nitrogens with one attached hydrogen (secondary N) is 1. The van der Waals surface area contributed by atoms with Gasteiger partial charge in [0.15, 0.2) is 0 Å². The van der Waals surface area contributed by atoms with E-state index in [9.17, 15) is 0 Å². The predicted octanol–water partition coefficient (Wildman–Crippen LogP) is 2.07. The van der Waals surface area contributed by atoms with E-state index in [0.29, 0.717) is 6.04 Å². The number of hydrogen-bond acceptors (Lipinski definition) is 4. The van der Waals surface area contributed by atoms with Crippen LogP contribution in [0.5, 0.6) is 0 Å². The van der Waals surface area contributed by atoms with E-state index in [-0.39, 0.29) is 0 Å². The second-order valence-corrected chi connectivity index (χ2v) is 5.90. The quantitative estimate of drug-likeness (QED) is 0.830. The second kappa shape index (κ2) is 6.62. The van der Waals surface area contributed by atoms with Crippen molar-refractivity contribution in [2.24, 2.45) is 0 Å². The van der Waals surface area contributed by atoms with Crippen molar-refractivity contribution in [1.82, 2.24) is 24.6 Å². The number of aromatic amines is 1. The van der Waals surface area contributed by atoms with E-state index in [1.54, 1.807) is 0 Å². The number of nitrogens with zero attached hydrogens (tertiary/aromatic N) is 4. The van der Waals surface area contributed by atoms with Crippen LogP contribution in [0.25, 0.3) is 0 Å². The summed E-state index contributed by atoms with van der Waals surface area (Å²) in [6.07, 6.45) is 2.94. The number of hydrogen-bond donors (Lipinski definition) is 1. The summed E-state index contributed by atoms with van der Waals surface area (Å²) in [5, 5.41) is 7.36. The van der Waals surface area contributed by atoms with E-state index in [1.165, 1.54) is 5.69 Å². The maximum atomic E-state index is 5.46. The highest BCUT2D eigenvalue weighted by Crippen LogP contribution is 2.26. The van der Waals surface area contributed by atoms with Gasteiger partial charge in [0, 0.05) is 50.2 Å². The fourth-order valence-electron chi connectivity index (χ4n) is 3.10. The topological polar surface area (TPSA) is 59.0 Å². The lowest BCUT2D eigenvalue weighted by Crippen LogP contribution is -2.37. The van der Waals surface area contributed by atoms with Gasteiger partial charge < -0.3 is 9.30 Å². The molecule has 2 aromatic rings. The highest BCUT2D eigenvalue weighted by Gasteiger charge is 2.27. The lowest BCUT2D eigenvalue weighted by atomic mass is 10.2. The van der Waals surface area contributed by atoms with Crippen LogP contribution < -0.4 is 0 Å². The van der Waals surface area contributed by atoms with Gasteiger partial charge in [0.1, 0.15) is 5.82 Å². The van der Waals surface area contributed by atoms with Crippen LogP contribution in [0.4, 0.5) is 0 Å². The third-order valence-electron chi connectivity index (χ3n) is 4.33. The third-order valence-corrected chi connectivity index (χ3v) is 4.33. The molecule has 0 unspecified atom stereocenters. The molecule has 0 saturated carbocycles. The van der Waals surface area contributed by atoms with Crippen LogP contribution in [0.1, 0.15) is 42.8 Å². The Morgan fingerprint density at radius 2 is 2.27 bits per heavy atom.